The highest BCUT2D eigenvalue weighted by Gasteiger charge is 2.09. The number of ether oxygens (including phenoxy) is 1. The van der Waals surface area contributed by atoms with E-state index in [2.05, 4.69) is 34.2 Å². The Balaban J connectivity index is 1.37. The molecule has 2 aromatic heterocycles. The number of aromatic nitrogens is 2. The van der Waals surface area contributed by atoms with E-state index in [0.717, 1.165) is 44.6 Å². The standard InChI is InChI=1S/C27H19ClN2O/c28-22-8-12-25(20-13-15-29-16-14-20)26(17-22)19-6-10-24(11-7-19)31-18-23-9-5-21-3-1-2-4-27(21)30-23/h1-17H,18H2. The number of rotatable bonds is 5. The molecule has 5 rings (SSSR count). The average molecular weight is 423 g/mol. The summed E-state index contributed by atoms with van der Waals surface area (Å²) in [7, 11) is 0. The molecule has 0 radical (unpaired) electrons. The van der Waals surface area contributed by atoms with Crippen molar-refractivity contribution < 1.29 is 4.74 Å². The summed E-state index contributed by atoms with van der Waals surface area (Å²) < 4.78 is 5.97. The molecule has 3 nitrogen and oxygen atoms in total. The van der Waals surface area contributed by atoms with Crippen molar-refractivity contribution in [2.45, 2.75) is 6.61 Å². The lowest BCUT2D eigenvalue weighted by Crippen LogP contribution is -1.98. The lowest BCUT2D eigenvalue weighted by molar-refractivity contribution is 0.302. The largest absolute Gasteiger partial charge is 0.487 e. The van der Waals surface area contributed by atoms with Crippen molar-refractivity contribution in [1.82, 2.24) is 9.97 Å². The van der Waals surface area contributed by atoms with Gasteiger partial charge in [-0.2, -0.15) is 0 Å². The van der Waals surface area contributed by atoms with Crippen molar-refractivity contribution in [2.24, 2.45) is 0 Å². The van der Waals surface area contributed by atoms with Gasteiger partial charge in [-0.3, -0.25) is 4.98 Å². The molecule has 0 saturated carbocycles. The molecule has 0 saturated heterocycles. The molecule has 0 bridgehead atoms. The fraction of sp³-hybridized carbons (Fsp3) is 0.0370. The van der Waals surface area contributed by atoms with Crippen LogP contribution in [0.15, 0.2) is 103 Å². The maximum absolute atomic E-state index is 6.30. The number of benzene rings is 3. The second kappa shape index (κ2) is 8.58. The third-order valence-electron chi connectivity index (χ3n) is 5.18. The molecule has 150 valence electrons. The number of para-hydroxylation sites is 1. The first-order chi connectivity index (χ1) is 15.3. The van der Waals surface area contributed by atoms with E-state index in [4.69, 9.17) is 16.3 Å². The molecule has 0 atom stereocenters. The number of fused-ring (bicyclic) bond motifs is 1. The highest BCUT2D eigenvalue weighted by Crippen LogP contribution is 2.34. The van der Waals surface area contributed by atoms with Gasteiger partial charge >= 0.3 is 0 Å². The minimum absolute atomic E-state index is 0.420. The zero-order valence-corrected chi connectivity index (χ0v) is 17.5. The van der Waals surface area contributed by atoms with Gasteiger partial charge in [0.1, 0.15) is 12.4 Å². The number of pyridine rings is 2. The Bertz CT molecular complexity index is 1330. The van der Waals surface area contributed by atoms with Gasteiger partial charge in [0, 0.05) is 22.8 Å². The molecule has 0 amide bonds. The third kappa shape index (κ3) is 4.27. The van der Waals surface area contributed by atoms with Gasteiger partial charge in [-0.1, -0.05) is 54.1 Å². The van der Waals surface area contributed by atoms with Crippen molar-refractivity contribution in [3.63, 3.8) is 0 Å². The Labute approximate surface area is 186 Å². The van der Waals surface area contributed by atoms with Crippen molar-refractivity contribution in [3.05, 3.63) is 114 Å². The number of hydrogen-bond donors (Lipinski definition) is 0. The molecule has 2 heterocycles. The highest BCUT2D eigenvalue weighted by molar-refractivity contribution is 6.31. The zero-order chi connectivity index (χ0) is 21.0. The number of nitrogens with zero attached hydrogens (tertiary/aromatic N) is 2. The van der Waals surface area contributed by atoms with E-state index in [9.17, 15) is 0 Å². The van der Waals surface area contributed by atoms with Crippen LogP contribution in [0.25, 0.3) is 33.2 Å². The molecule has 0 aliphatic rings. The molecule has 4 heteroatoms. The molecule has 0 aliphatic carbocycles. The summed E-state index contributed by atoms with van der Waals surface area (Å²) in [5.74, 6) is 0.797. The molecular weight excluding hydrogens is 404 g/mol. The van der Waals surface area contributed by atoms with Gasteiger partial charge in [-0.05, 0) is 70.8 Å². The molecule has 3 aromatic carbocycles. The fourth-order valence-corrected chi connectivity index (χ4v) is 3.79. The van der Waals surface area contributed by atoms with Gasteiger partial charge in [-0.15, -0.1) is 0 Å². The van der Waals surface area contributed by atoms with Gasteiger partial charge in [0.2, 0.25) is 0 Å². The van der Waals surface area contributed by atoms with Crippen molar-refractivity contribution >= 4 is 22.5 Å². The first kappa shape index (κ1) is 19.3. The van der Waals surface area contributed by atoms with Gasteiger partial charge in [0.25, 0.3) is 0 Å². The number of halogens is 1. The van der Waals surface area contributed by atoms with E-state index in [1.54, 1.807) is 12.4 Å². The van der Waals surface area contributed by atoms with Crippen LogP contribution in [0.1, 0.15) is 5.69 Å². The summed E-state index contributed by atoms with van der Waals surface area (Å²) in [4.78, 5) is 8.78. The fourth-order valence-electron chi connectivity index (χ4n) is 3.62. The Hall–Kier alpha value is -3.69. The highest BCUT2D eigenvalue weighted by atomic mass is 35.5. The van der Waals surface area contributed by atoms with Gasteiger partial charge in [-0.25, -0.2) is 4.98 Å². The van der Waals surface area contributed by atoms with Crippen LogP contribution in [0.5, 0.6) is 5.75 Å². The minimum atomic E-state index is 0.420. The van der Waals surface area contributed by atoms with E-state index in [-0.39, 0.29) is 0 Å². The third-order valence-corrected chi connectivity index (χ3v) is 5.42. The van der Waals surface area contributed by atoms with Gasteiger partial charge in [0.15, 0.2) is 0 Å². The molecule has 0 unspecified atom stereocenters. The normalized spacial score (nSPS) is 10.9. The Morgan fingerprint density at radius 3 is 2.32 bits per heavy atom. The first-order valence-electron chi connectivity index (χ1n) is 10.0. The summed E-state index contributed by atoms with van der Waals surface area (Å²) in [6, 6.07) is 30.2. The lowest BCUT2D eigenvalue weighted by Gasteiger charge is -2.12. The first-order valence-corrected chi connectivity index (χ1v) is 10.4. The molecular formula is C27H19ClN2O. The van der Waals surface area contributed by atoms with E-state index in [1.165, 1.54) is 0 Å². The minimum Gasteiger partial charge on any atom is -0.487 e. The number of hydrogen-bond acceptors (Lipinski definition) is 3. The van der Waals surface area contributed by atoms with E-state index in [1.807, 2.05) is 66.7 Å². The van der Waals surface area contributed by atoms with Gasteiger partial charge in [0.05, 0.1) is 11.2 Å². The monoisotopic (exact) mass is 422 g/mol. The molecule has 5 aromatic rings. The maximum atomic E-state index is 6.30. The van der Waals surface area contributed by atoms with Crippen LogP contribution < -0.4 is 4.74 Å². The van der Waals surface area contributed by atoms with E-state index in [0.29, 0.717) is 11.6 Å². The van der Waals surface area contributed by atoms with Crippen molar-refractivity contribution in [1.29, 1.82) is 0 Å². The maximum Gasteiger partial charge on any atom is 0.130 e. The SMILES string of the molecule is Clc1ccc(-c2ccncc2)c(-c2ccc(OCc3ccc4ccccc4n3)cc2)c1. The van der Waals surface area contributed by atoms with Crippen LogP contribution in [0.2, 0.25) is 5.02 Å². The van der Waals surface area contributed by atoms with E-state index < -0.39 is 0 Å². The predicted molar refractivity (Wildman–Crippen MR) is 126 cm³/mol. The summed E-state index contributed by atoms with van der Waals surface area (Å²) in [6.45, 7) is 0.420. The van der Waals surface area contributed by atoms with Crippen LogP contribution in [0.4, 0.5) is 0 Å². The molecule has 31 heavy (non-hydrogen) atoms. The van der Waals surface area contributed by atoms with Crippen LogP contribution >= 0.6 is 11.6 Å². The summed E-state index contributed by atoms with van der Waals surface area (Å²) >= 11 is 6.30. The zero-order valence-electron chi connectivity index (χ0n) is 16.7. The quantitative estimate of drug-likeness (QED) is 0.300. The molecule has 0 spiro atoms. The topological polar surface area (TPSA) is 35.0 Å². The van der Waals surface area contributed by atoms with Crippen molar-refractivity contribution in [2.75, 3.05) is 0 Å². The molecule has 0 N–H and O–H groups in total. The Morgan fingerprint density at radius 1 is 0.710 bits per heavy atom. The predicted octanol–water partition coefficient (Wildman–Crippen LogP) is 7.20. The van der Waals surface area contributed by atoms with Crippen LogP contribution in [0, 0.1) is 0 Å². The van der Waals surface area contributed by atoms with E-state index >= 15 is 0 Å². The molecule has 0 fully saturated rings. The summed E-state index contributed by atoms with van der Waals surface area (Å²) in [5.41, 5.74) is 6.23. The van der Waals surface area contributed by atoms with Crippen LogP contribution in [0.3, 0.4) is 0 Å². The van der Waals surface area contributed by atoms with Crippen molar-refractivity contribution in [3.8, 4) is 28.0 Å². The van der Waals surface area contributed by atoms with Gasteiger partial charge < -0.3 is 4.74 Å². The molecule has 0 aliphatic heterocycles. The van der Waals surface area contributed by atoms with Crippen LogP contribution in [-0.4, -0.2) is 9.97 Å². The lowest BCUT2D eigenvalue weighted by atomic mass is 9.95. The Kier molecular flexibility index (Phi) is 5.34. The Morgan fingerprint density at radius 2 is 1.48 bits per heavy atom. The summed E-state index contributed by atoms with van der Waals surface area (Å²) in [6.07, 6.45) is 3.59. The second-order valence-electron chi connectivity index (χ2n) is 7.23. The van der Waals surface area contributed by atoms with Crippen LogP contribution in [-0.2, 0) is 6.61 Å². The summed E-state index contributed by atoms with van der Waals surface area (Å²) in [5, 5.41) is 1.83. The second-order valence-corrected chi connectivity index (χ2v) is 7.67. The smallest absolute Gasteiger partial charge is 0.130 e. The average Bonchev–Trinajstić information content (AvgIpc) is 2.83.